The maximum atomic E-state index is 10.3. The van der Waals surface area contributed by atoms with Gasteiger partial charge in [0.1, 0.15) is 36.1 Å². The van der Waals surface area contributed by atoms with Crippen molar-refractivity contribution in [3.8, 4) is 0 Å². The molecule has 25 heavy (non-hydrogen) atoms. The van der Waals surface area contributed by atoms with Crippen LogP contribution in [0.15, 0.2) is 4.99 Å². The van der Waals surface area contributed by atoms with Gasteiger partial charge in [0.15, 0.2) is 6.10 Å². The molecular weight excluding hydrogens is 340 g/mol. The molecule has 1 aliphatic heterocycles. The summed E-state index contributed by atoms with van der Waals surface area (Å²) in [5.41, 5.74) is -2.07. The Morgan fingerprint density at radius 1 is 1.04 bits per heavy atom. The van der Waals surface area contributed by atoms with Crippen molar-refractivity contribution in [3.05, 3.63) is 0 Å². The quantitative estimate of drug-likeness (QED) is 0.233. The van der Waals surface area contributed by atoms with E-state index in [1.165, 1.54) is 0 Å². The zero-order chi connectivity index (χ0) is 18.5. The molecule has 2 aliphatic carbocycles. The summed E-state index contributed by atoms with van der Waals surface area (Å²) in [4.78, 5) is 4.03. The third-order valence-corrected chi connectivity index (χ3v) is 5.45. The van der Waals surface area contributed by atoms with Gasteiger partial charge >= 0.3 is 0 Å². The average Bonchev–Trinajstić information content (AvgIpc) is 3.10. The molecule has 3 rings (SSSR count). The first-order valence-electron chi connectivity index (χ1n) is 8.10. The molecule has 11 heteroatoms. The Bertz CT molecular complexity index is 532. The summed E-state index contributed by atoms with van der Waals surface area (Å²) in [5.74, 6) is -0.667. The number of rotatable bonds is 3. The second-order valence-corrected chi connectivity index (χ2v) is 6.95. The van der Waals surface area contributed by atoms with E-state index in [0.717, 1.165) is 0 Å². The van der Waals surface area contributed by atoms with Crippen molar-refractivity contribution in [1.29, 1.82) is 0 Å². The predicted octanol–water partition coefficient (Wildman–Crippen LogP) is -5.38. The van der Waals surface area contributed by atoms with Crippen molar-refractivity contribution < 1.29 is 45.6 Å². The van der Waals surface area contributed by atoms with Crippen molar-refractivity contribution in [1.82, 2.24) is 5.32 Å². The van der Waals surface area contributed by atoms with Gasteiger partial charge < -0.3 is 50.9 Å². The van der Waals surface area contributed by atoms with E-state index in [1.807, 2.05) is 0 Å². The van der Waals surface area contributed by atoms with Gasteiger partial charge in [0, 0.05) is 12.5 Å². The molecule has 9 N–H and O–H groups in total. The number of hydrogen-bond acceptors (Lipinski definition) is 11. The lowest BCUT2D eigenvalue weighted by Crippen LogP contribution is -2.60. The first-order valence-corrected chi connectivity index (χ1v) is 8.10. The summed E-state index contributed by atoms with van der Waals surface area (Å²) >= 11 is 0. The molecule has 3 aliphatic rings. The van der Waals surface area contributed by atoms with E-state index >= 15 is 0 Å². The van der Waals surface area contributed by atoms with Crippen LogP contribution >= 0.6 is 0 Å². The average molecular weight is 364 g/mol. The number of aliphatic hydroxyl groups excluding tert-OH is 7. The van der Waals surface area contributed by atoms with Crippen LogP contribution in [0.1, 0.15) is 6.42 Å². The normalized spacial score (nSPS) is 52.5. The highest BCUT2D eigenvalue weighted by molar-refractivity contribution is 5.76. The Hall–Kier alpha value is -1.05. The van der Waals surface area contributed by atoms with Crippen LogP contribution in [0, 0.1) is 5.92 Å². The first-order chi connectivity index (χ1) is 11.7. The summed E-state index contributed by atoms with van der Waals surface area (Å²) in [7, 11) is 0. The molecule has 0 unspecified atom stereocenters. The van der Waals surface area contributed by atoms with Gasteiger partial charge in [-0.15, -0.1) is 0 Å². The van der Waals surface area contributed by atoms with Crippen molar-refractivity contribution in [3.63, 3.8) is 0 Å². The highest BCUT2D eigenvalue weighted by Crippen LogP contribution is 2.38. The third kappa shape index (κ3) is 2.80. The fraction of sp³-hybridized carbons (Fsp3) is 0.929. The topological polar surface area (TPSA) is 195 Å². The number of nitrogens with zero attached hydrogens (tertiary/aromatic N) is 1. The lowest BCUT2D eigenvalue weighted by Gasteiger charge is -2.40. The molecule has 0 bridgehead atoms. The summed E-state index contributed by atoms with van der Waals surface area (Å²) in [5, 5.41) is 81.2. The molecule has 11 nitrogen and oxygen atoms in total. The van der Waals surface area contributed by atoms with Crippen LogP contribution in [-0.2, 0) is 4.74 Å². The SMILES string of the molecule is OC[C@H]1C[C@H](NC2=N[C@@H]3[C@H](O2)[C@@H](O)[C@H](O)[C@]3(O)CO)[C@H](O)[C@@H](O)[C@@H]1O. The second kappa shape index (κ2) is 6.59. The molecule has 0 aromatic carbocycles. The fourth-order valence-electron chi connectivity index (χ4n) is 3.79. The van der Waals surface area contributed by atoms with Crippen LogP contribution in [0.5, 0.6) is 0 Å². The molecular formula is C14H24N2O9. The number of ether oxygens (including phenoxy) is 1. The largest absolute Gasteiger partial charge is 0.457 e. The molecule has 0 saturated heterocycles. The van der Waals surface area contributed by atoms with Gasteiger partial charge in [-0.25, -0.2) is 4.99 Å². The molecule has 0 aromatic heterocycles. The van der Waals surface area contributed by atoms with E-state index in [9.17, 15) is 40.9 Å². The third-order valence-electron chi connectivity index (χ3n) is 5.45. The maximum absolute atomic E-state index is 10.3. The van der Waals surface area contributed by atoms with Crippen molar-refractivity contribution in [2.75, 3.05) is 13.2 Å². The number of amidine groups is 1. The minimum Gasteiger partial charge on any atom is -0.457 e. The first kappa shape index (κ1) is 18.7. The van der Waals surface area contributed by atoms with Crippen LogP contribution < -0.4 is 5.32 Å². The minimum absolute atomic E-state index is 0.114. The Kier molecular flexibility index (Phi) is 4.94. The molecule has 2 saturated carbocycles. The lowest BCUT2D eigenvalue weighted by atomic mass is 9.80. The lowest BCUT2D eigenvalue weighted by molar-refractivity contribution is -0.129. The molecule has 0 aromatic rings. The molecule has 0 amide bonds. The van der Waals surface area contributed by atoms with Gasteiger partial charge in [-0.3, -0.25) is 0 Å². The van der Waals surface area contributed by atoms with E-state index in [2.05, 4.69) is 10.3 Å². The summed E-state index contributed by atoms with van der Waals surface area (Å²) in [6, 6.07) is -2.07. The monoisotopic (exact) mass is 364 g/mol. The van der Waals surface area contributed by atoms with Crippen LogP contribution in [-0.4, -0.2) is 114 Å². The van der Waals surface area contributed by atoms with Gasteiger partial charge in [-0.1, -0.05) is 0 Å². The zero-order valence-corrected chi connectivity index (χ0v) is 13.3. The van der Waals surface area contributed by atoms with Crippen LogP contribution in [0.4, 0.5) is 0 Å². The number of nitrogens with one attached hydrogen (secondary N) is 1. The van der Waals surface area contributed by atoms with Crippen LogP contribution in [0.3, 0.4) is 0 Å². The van der Waals surface area contributed by atoms with Gasteiger partial charge in [-0.2, -0.15) is 0 Å². The standard InChI is InChI=1S/C14H24N2O9/c17-2-4-1-5(7(20)8(21)6(4)19)15-13-16-11-10(25-13)9(22)12(23)14(11,24)3-18/h4-12,17-24H,1-3H2,(H,15,16)/t4-,5+,6-,7+,8+,9-,10-,11-,12+,14+/m1/s1. The summed E-state index contributed by atoms with van der Waals surface area (Å²) in [6.07, 6.45) is -8.19. The smallest absolute Gasteiger partial charge is 0.285 e. The van der Waals surface area contributed by atoms with Crippen molar-refractivity contribution in [2.45, 2.75) is 60.7 Å². The Morgan fingerprint density at radius 2 is 1.72 bits per heavy atom. The van der Waals surface area contributed by atoms with Crippen LogP contribution in [0.25, 0.3) is 0 Å². The highest BCUT2D eigenvalue weighted by Gasteiger charge is 2.63. The van der Waals surface area contributed by atoms with E-state index in [1.54, 1.807) is 0 Å². The Morgan fingerprint density at radius 3 is 2.32 bits per heavy atom. The van der Waals surface area contributed by atoms with E-state index < -0.39 is 73.4 Å². The number of fused-ring (bicyclic) bond motifs is 1. The molecule has 144 valence electrons. The maximum Gasteiger partial charge on any atom is 0.285 e. The number of aliphatic imine (C=N–C) groups is 1. The molecule has 2 fully saturated rings. The second-order valence-electron chi connectivity index (χ2n) is 6.95. The summed E-state index contributed by atoms with van der Waals surface area (Å²) in [6.45, 7) is -1.23. The fourth-order valence-corrected chi connectivity index (χ4v) is 3.79. The molecule has 0 radical (unpaired) electrons. The summed E-state index contributed by atoms with van der Waals surface area (Å²) < 4.78 is 5.39. The molecule has 10 atom stereocenters. The predicted molar refractivity (Wildman–Crippen MR) is 80.3 cm³/mol. The Labute approximate surface area is 142 Å². The van der Waals surface area contributed by atoms with Crippen LogP contribution in [0.2, 0.25) is 0 Å². The van der Waals surface area contributed by atoms with Gasteiger partial charge in [0.2, 0.25) is 0 Å². The number of hydrogen-bond donors (Lipinski definition) is 9. The highest BCUT2D eigenvalue weighted by atomic mass is 16.5. The van der Waals surface area contributed by atoms with Gasteiger partial charge in [0.05, 0.1) is 18.8 Å². The molecule has 0 spiro atoms. The van der Waals surface area contributed by atoms with E-state index in [4.69, 9.17) is 4.74 Å². The van der Waals surface area contributed by atoms with Crippen molar-refractivity contribution >= 4 is 6.02 Å². The van der Waals surface area contributed by atoms with Gasteiger partial charge in [0.25, 0.3) is 6.02 Å². The minimum atomic E-state index is -2.07. The van der Waals surface area contributed by atoms with Gasteiger partial charge in [-0.05, 0) is 6.42 Å². The zero-order valence-electron chi connectivity index (χ0n) is 13.3. The van der Waals surface area contributed by atoms with E-state index in [0.29, 0.717) is 0 Å². The van der Waals surface area contributed by atoms with E-state index in [-0.39, 0.29) is 12.4 Å². The molecule has 1 heterocycles. The Balaban J connectivity index is 1.74. The van der Waals surface area contributed by atoms with Crippen molar-refractivity contribution in [2.24, 2.45) is 10.9 Å². The number of aliphatic hydroxyl groups is 8.